The van der Waals surface area contributed by atoms with Crippen LogP contribution < -0.4 is 21.7 Å². The minimum atomic E-state index is 0.625. The van der Waals surface area contributed by atoms with E-state index in [-0.39, 0.29) is 0 Å². The van der Waals surface area contributed by atoms with E-state index in [1.54, 1.807) is 0 Å². The van der Waals surface area contributed by atoms with Gasteiger partial charge in [0.05, 0.1) is 0 Å². The van der Waals surface area contributed by atoms with Crippen LogP contribution in [-0.2, 0) is 0 Å². The van der Waals surface area contributed by atoms with Gasteiger partial charge in [0.2, 0.25) is 0 Å². The molecule has 10 heavy (non-hydrogen) atoms. The largest absolute Gasteiger partial charge is 0.261 e. The normalized spacial score (nSPS) is 10.8. The summed E-state index contributed by atoms with van der Waals surface area (Å²) in [5.41, 5.74) is 11.8. The summed E-state index contributed by atoms with van der Waals surface area (Å²) in [6.07, 6.45) is 0. The third kappa shape index (κ3) is 5.97. The van der Waals surface area contributed by atoms with E-state index in [0.29, 0.717) is 5.92 Å². The molecule has 0 spiro atoms. The second-order valence-electron chi connectivity index (χ2n) is 2.37. The molecule has 0 aliphatic rings. The molecule has 4 N–H and O–H groups in total. The zero-order valence-electron chi connectivity index (χ0n) is 6.99. The number of hydrazine groups is 2. The van der Waals surface area contributed by atoms with Crippen molar-refractivity contribution in [1.82, 2.24) is 21.7 Å². The Morgan fingerprint density at radius 3 is 1.70 bits per heavy atom. The maximum absolute atomic E-state index is 3.04. The van der Waals surface area contributed by atoms with Crippen molar-refractivity contribution in [2.45, 2.75) is 6.92 Å². The molecule has 0 aromatic heterocycles. The summed E-state index contributed by atoms with van der Waals surface area (Å²) in [7, 11) is 3.75. The molecule has 0 aliphatic heterocycles. The van der Waals surface area contributed by atoms with E-state index < -0.39 is 0 Å². The predicted molar refractivity (Wildman–Crippen MR) is 43.3 cm³/mol. The molecule has 4 nitrogen and oxygen atoms in total. The number of hydrogen-bond acceptors (Lipinski definition) is 4. The summed E-state index contributed by atoms with van der Waals surface area (Å²) in [4.78, 5) is 0. The van der Waals surface area contributed by atoms with Crippen molar-refractivity contribution in [1.29, 1.82) is 0 Å². The summed E-state index contributed by atoms with van der Waals surface area (Å²) in [6.45, 7) is 4.13. The molecule has 0 heterocycles. The molecule has 0 radical (unpaired) electrons. The Morgan fingerprint density at radius 2 is 1.40 bits per heavy atom. The molecule has 0 unspecified atom stereocenters. The van der Waals surface area contributed by atoms with Crippen LogP contribution in [0.4, 0.5) is 0 Å². The van der Waals surface area contributed by atoms with Gasteiger partial charge in [0.1, 0.15) is 0 Å². The van der Waals surface area contributed by atoms with Gasteiger partial charge in [-0.3, -0.25) is 21.7 Å². The Bertz CT molecular complexity index is 58.8. The second kappa shape index (κ2) is 6.95. The van der Waals surface area contributed by atoms with Crippen LogP contribution in [0, 0.1) is 5.92 Å². The van der Waals surface area contributed by atoms with Crippen molar-refractivity contribution in [3.8, 4) is 0 Å². The molecule has 62 valence electrons. The highest BCUT2D eigenvalue weighted by Gasteiger charge is 1.97. The van der Waals surface area contributed by atoms with Crippen molar-refractivity contribution in [2.75, 3.05) is 27.2 Å². The fraction of sp³-hybridized carbons (Fsp3) is 1.00. The lowest BCUT2D eigenvalue weighted by Crippen LogP contribution is -2.38. The first-order valence-electron chi connectivity index (χ1n) is 3.60. The molecule has 0 bridgehead atoms. The quantitative estimate of drug-likeness (QED) is 0.366. The van der Waals surface area contributed by atoms with Gasteiger partial charge in [0.25, 0.3) is 0 Å². The lowest BCUT2D eigenvalue weighted by Gasteiger charge is -2.11. The third-order valence-corrected chi connectivity index (χ3v) is 1.25. The van der Waals surface area contributed by atoms with Crippen LogP contribution >= 0.6 is 0 Å². The van der Waals surface area contributed by atoms with Crippen molar-refractivity contribution < 1.29 is 0 Å². The van der Waals surface area contributed by atoms with Crippen molar-refractivity contribution in [3.05, 3.63) is 0 Å². The van der Waals surface area contributed by atoms with Gasteiger partial charge >= 0.3 is 0 Å². The van der Waals surface area contributed by atoms with Gasteiger partial charge in [-0.05, 0) is 20.0 Å². The van der Waals surface area contributed by atoms with Crippen molar-refractivity contribution in [3.63, 3.8) is 0 Å². The number of nitrogens with one attached hydrogen (secondary N) is 4. The molecule has 0 saturated heterocycles. The topological polar surface area (TPSA) is 48.1 Å². The van der Waals surface area contributed by atoms with Crippen LogP contribution in [0.3, 0.4) is 0 Å². The maximum atomic E-state index is 3.04. The summed E-state index contributed by atoms with van der Waals surface area (Å²) in [5.74, 6) is 0.625. The standard InChI is InChI=1S/C6H18N4/c1-6(4-9-7-2)5-10-8-3/h6-10H,4-5H2,1-3H3. The fourth-order valence-electron chi connectivity index (χ4n) is 0.625. The van der Waals surface area contributed by atoms with E-state index >= 15 is 0 Å². The van der Waals surface area contributed by atoms with Gasteiger partial charge in [-0.1, -0.05) is 6.92 Å². The first kappa shape index (κ1) is 9.84. The molecular formula is C6H18N4. The molecule has 0 aromatic carbocycles. The van der Waals surface area contributed by atoms with Crippen LogP contribution in [-0.4, -0.2) is 27.2 Å². The van der Waals surface area contributed by atoms with Crippen LogP contribution in [0.1, 0.15) is 6.92 Å². The van der Waals surface area contributed by atoms with E-state index in [1.807, 2.05) is 14.1 Å². The van der Waals surface area contributed by atoms with E-state index in [4.69, 9.17) is 0 Å². The average molecular weight is 146 g/mol. The molecule has 0 aromatic rings. The van der Waals surface area contributed by atoms with Gasteiger partial charge in [-0.25, -0.2) is 0 Å². The summed E-state index contributed by atoms with van der Waals surface area (Å²) in [6, 6.07) is 0. The lowest BCUT2D eigenvalue weighted by molar-refractivity contribution is 0.428. The summed E-state index contributed by atoms with van der Waals surface area (Å²) >= 11 is 0. The average Bonchev–Trinajstić information content (AvgIpc) is 1.97. The first-order chi connectivity index (χ1) is 4.81. The minimum absolute atomic E-state index is 0.625. The maximum Gasteiger partial charge on any atom is 0.0138 e. The molecule has 0 fully saturated rings. The lowest BCUT2D eigenvalue weighted by atomic mass is 10.2. The third-order valence-electron chi connectivity index (χ3n) is 1.25. The van der Waals surface area contributed by atoms with E-state index in [0.717, 1.165) is 13.1 Å². The SMILES string of the molecule is CNNCC(C)CNNC. The van der Waals surface area contributed by atoms with Gasteiger partial charge in [0.15, 0.2) is 0 Å². The van der Waals surface area contributed by atoms with Crippen LogP contribution in [0.5, 0.6) is 0 Å². The summed E-state index contributed by atoms with van der Waals surface area (Å²) < 4.78 is 0. The summed E-state index contributed by atoms with van der Waals surface area (Å²) in [5, 5.41) is 0. The predicted octanol–water partition coefficient (Wildman–Crippen LogP) is -0.929. The zero-order chi connectivity index (χ0) is 7.82. The number of rotatable bonds is 6. The van der Waals surface area contributed by atoms with Crippen LogP contribution in [0.15, 0.2) is 0 Å². The highest BCUT2D eigenvalue weighted by Crippen LogP contribution is 1.86. The monoisotopic (exact) mass is 146 g/mol. The van der Waals surface area contributed by atoms with E-state index in [2.05, 4.69) is 28.6 Å². The Morgan fingerprint density at radius 1 is 1.00 bits per heavy atom. The second-order valence-corrected chi connectivity index (χ2v) is 2.37. The molecule has 0 aliphatic carbocycles. The minimum Gasteiger partial charge on any atom is -0.261 e. The van der Waals surface area contributed by atoms with Crippen LogP contribution in [0.25, 0.3) is 0 Å². The molecule has 0 rings (SSSR count). The van der Waals surface area contributed by atoms with E-state index in [1.165, 1.54) is 0 Å². The fourth-order valence-corrected chi connectivity index (χ4v) is 0.625. The molecular weight excluding hydrogens is 128 g/mol. The molecule has 4 heteroatoms. The van der Waals surface area contributed by atoms with E-state index in [9.17, 15) is 0 Å². The number of hydrogen-bond donors (Lipinski definition) is 4. The van der Waals surface area contributed by atoms with Gasteiger partial charge < -0.3 is 0 Å². The molecule has 0 atom stereocenters. The van der Waals surface area contributed by atoms with Crippen LogP contribution in [0.2, 0.25) is 0 Å². The molecule has 0 saturated carbocycles. The van der Waals surface area contributed by atoms with Gasteiger partial charge in [-0.15, -0.1) is 0 Å². The molecule has 0 amide bonds. The Balaban J connectivity index is 3.00. The van der Waals surface area contributed by atoms with Crippen molar-refractivity contribution in [2.24, 2.45) is 5.92 Å². The first-order valence-corrected chi connectivity index (χ1v) is 3.60. The Kier molecular flexibility index (Phi) is 6.84. The highest BCUT2D eigenvalue weighted by molar-refractivity contribution is 4.55. The highest BCUT2D eigenvalue weighted by atomic mass is 15.3. The van der Waals surface area contributed by atoms with Gasteiger partial charge in [-0.2, -0.15) is 0 Å². The smallest absolute Gasteiger partial charge is 0.0138 e. The Labute approximate surface area is 62.7 Å². The van der Waals surface area contributed by atoms with Gasteiger partial charge in [0, 0.05) is 13.1 Å². The van der Waals surface area contributed by atoms with Crippen molar-refractivity contribution >= 4 is 0 Å². The Hall–Kier alpha value is -0.160. The zero-order valence-corrected chi connectivity index (χ0v) is 6.99.